The van der Waals surface area contributed by atoms with Gasteiger partial charge < -0.3 is 10.1 Å². The number of carbonyl (C=O) groups excluding carboxylic acids is 2. The Morgan fingerprint density at radius 3 is 2.61 bits per heavy atom. The van der Waals surface area contributed by atoms with Gasteiger partial charge in [-0.1, -0.05) is 25.6 Å². The van der Waals surface area contributed by atoms with Crippen LogP contribution in [0.3, 0.4) is 0 Å². The second-order valence-corrected chi connectivity index (χ2v) is 4.76. The van der Waals surface area contributed by atoms with Crippen molar-refractivity contribution in [1.82, 2.24) is 10.2 Å². The molecule has 0 spiro atoms. The van der Waals surface area contributed by atoms with E-state index in [1.807, 2.05) is 0 Å². The molecule has 1 heterocycles. The van der Waals surface area contributed by atoms with E-state index in [9.17, 15) is 9.59 Å². The van der Waals surface area contributed by atoms with Gasteiger partial charge in [0.25, 0.3) is 0 Å². The Morgan fingerprint density at radius 2 is 2.11 bits per heavy atom. The molecule has 0 aliphatic heterocycles. The fourth-order valence-electron chi connectivity index (χ4n) is 0.926. The van der Waals surface area contributed by atoms with E-state index in [4.69, 9.17) is 0 Å². The molecule has 0 saturated heterocycles. The number of hydrogen-bond donors (Lipinski definition) is 1. The van der Waals surface area contributed by atoms with Gasteiger partial charge in [0, 0.05) is 5.92 Å². The molecule has 0 aliphatic carbocycles. The molecular formula is C11H15N3O3S. The maximum Gasteiger partial charge on any atom is 0.316 e. The standard InChI is InChI=1S/C11H15N3O3S/c1-7(2)11(16)12-8-4-5-9(14-13-8)18-6-10(15)17-3/h4-5,7H,6H2,1-3H3,(H,12,13,16). The number of esters is 1. The Balaban J connectivity index is 2.52. The predicted molar refractivity (Wildman–Crippen MR) is 68.2 cm³/mol. The summed E-state index contributed by atoms with van der Waals surface area (Å²) in [5.74, 6) is 0.0395. The molecule has 7 heteroatoms. The summed E-state index contributed by atoms with van der Waals surface area (Å²) in [6.45, 7) is 3.59. The number of aromatic nitrogens is 2. The van der Waals surface area contributed by atoms with Crippen LogP contribution in [0.25, 0.3) is 0 Å². The summed E-state index contributed by atoms with van der Waals surface area (Å²) >= 11 is 1.23. The molecule has 0 aliphatic rings. The van der Waals surface area contributed by atoms with Crippen LogP contribution in [-0.4, -0.2) is 34.9 Å². The molecule has 0 unspecified atom stereocenters. The third-order valence-corrected chi connectivity index (χ3v) is 2.87. The van der Waals surface area contributed by atoms with Gasteiger partial charge in [-0.2, -0.15) is 0 Å². The van der Waals surface area contributed by atoms with Crippen molar-refractivity contribution in [3.05, 3.63) is 12.1 Å². The lowest BCUT2D eigenvalue weighted by molar-refractivity contribution is -0.137. The van der Waals surface area contributed by atoms with Gasteiger partial charge in [0.05, 0.1) is 12.9 Å². The summed E-state index contributed by atoms with van der Waals surface area (Å²) in [6, 6.07) is 3.34. The Morgan fingerprint density at radius 1 is 1.39 bits per heavy atom. The number of ether oxygens (including phenoxy) is 1. The highest BCUT2D eigenvalue weighted by Gasteiger charge is 2.08. The van der Waals surface area contributed by atoms with Crippen LogP contribution in [-0.2, 0) is 14.3 Å². The summed E-state index contributed by atoms with van der Waals surface area (Å²) in [5.41, 5.74) is 0. The molecule has 0 bridgehead atoms. The van der Waals surface area contributed by atoms with Gasteiger partial charge in [-0.25, -0.2) is 0 Å². The van der Waals surface area contributed by atoms with Gasteiger partial charge in [0.15, 0.2) is 5.82 Å². The van der Waals surface area contributed by atoms with Crippen molar-refractivity contribution in [2.75, 3.05) is 18.2 Å². The van der Waals surface area contributed by atoms with Gasteiger partial charge in [0.1, 0.15) is 5.03 Å². The molecule has 6 nitrogen and oxygen atoms in total. The van der Waals surface area contributed by atoms with E-state index < -0.39 is 0 Å². The van der Waals surface area contributed by atoms with Crippen LogP contribution in [0.4, 0.5) is 5.82 Å². The van der Waals surface area contributed by atoms with Crippen molar-refractivity contribution in [3.8, 4) is 0 Å². The SMILES string of the molecule is COC(=O)CSc1ccc(NC(=O)C(C)C)nn1. The van der Waals surface area contributed by atoms with Crippen molar-refractivity contribution in [2.45, 2.75) is 18.9 Å². The van der Waals surface area contributed by atoms with Gasteiger partial charge in [0.2, 0.25) is 5.91 Å². The lowest BCUT2D eigenvalue weighted by Crippen LogP contribution is -2.18. The van der Waals surface area contributed by atoms with Crippen molar-refractivity contribution in [2.24, 2.45) is 5.92 Å². The van der Waals surface area contributed by atoms with Crippen LogP contribution in [0.15, 0.2) is 17.2 Å². The first-order chi connectivity index (χ1) is 8.52. The van der Waals surface area contributed by atoms with Crippen molar-refractivity contribution < 1.29 is 14.3 Å². The van der Waals surface area contributed by atoms with E-state index in [0.717, 1.165) is 0 Å². The van der Waals surface area contributed by atoms with Gasteiger partial charge in [-0.3, -0.25) is 9.59 Å². The van der Waals surface area contributed by atoms with Crippen LogP contribution >= 0.6 is 11.8 Å². The molecule has 1 aromatic heterocycles. The minimum Gasteiger partial charge on any atom is -0.468 e. The highest BCUT2D eigenvalue weighted by molar-refractivity contribution is 7.99. The first-order valence-electron chi connectivity index (χ1n) is 5.37. The number of thioether (sulfide) groups is 1. The van der Waals surface area contributed by atoms with Crippen LogP contribution in [0.1, 0.15) is 13.8 Å². The monoisotopic (exact) mass is 269 g/mol. The molecule has 1 rings (SSSR count). The summed E-state index contributed by atoms with van der Waals surface area (Å²) in [5, 5.41) is 11.0. The van der Waals surface area contributed by atoms with E-state index in [0.29, 0.717) is 10.8 Å². The number of carbonyl (C=O) groups is 2. The maximum absolute atomic E-state index is 11.4. The Hall–Kier alpha value is -1.63. The van der Waals surface area contributed by atoms with Crippen LogP contribution in [0, 0.1) is 5.92 Å². The van der Waals surface area contributed by atoms with Crippen LogP contribution in [0.5, 0.6) is 0 Å². The highest BCUT2D eigenvalue weighted by atomic mass is 32.2. The molecule has 0 aromatic carbocycles. The molecular weight excluding hydrogens is 254 g/mol. The van der Waals surface area contributed by atoms with Crippen molar-refractivity contribution >= 4 is 29.5 Å². The zero-order chi connectivity index (χ0) is 13.5. The average Bonchev–Trinajstić information content (AvgIpc) is 2.37. The second kappa shape index (κ2) is 6.95. The first kappa shape index (κ1) is 14.4. The second-order valence-electron chi connectivity index (χ2n) is 3.77. The molecule has 1 amide bonds. The minimum atomic E-state index is -0.320. The third-order valence-electron chi connectivity index (χ3n) is 1.98. The average molecular weight is 269 g/mol. The Labute approximate surface area is 110 Å². The summed E-state index contributed by atoms with van der Waals surface area (Å²) in [6.07, 6.45) is 0. The fourth-order valence-corrected chi connectivity index (χ4v) is 1.57. The molecule has 98 valence electrons. The molecule has 0 fully saturated rings. The van der Waals surface area contributed by atoms with E-state index in [1.54, 1.807) is 26.0 Å². The molecule has 1 N–H and O–H groups in total. The lowest BCUT2D eigenvalue weighted by Gasteiger charge is -2.06. The Bertz CT molecular complexity index is 420. The smallest absolute Gasteiger partial charge is 0.316 e. The largest absolute Gasteiger partial charge is 0.468 e. The van der Waals surface area contributed by atoms with Crippen molar-refractivity contribution in [1.29, 1.82) is 0 Å². The van der Waals surface area contributed by atoms with E-state index >= 15 is 0 Å². The van der Waals surface area contributed by atoms with Gasteiger partial charge in [-0.15, -0.1) is 10.2 Å². The summed E-state index contributed by atoms with van der Waals surface area (Å²) in [4.78, 5) is 22.3. The maximum atomic E-state index is 11.4. The fraction of sp³-hybridized carbons (Fsp3) is 0.455. The van der Waals surface area contributed by atoms with E-state index in [2.05, 4.69) is 20.3 Å². The number of amides is 1. The van der Waals surface area contributed by atoms with Gasteiger partial charge >= 0.3 is 5.97 Å². The molecule has 1 aromatic rings. The number of rotatable bonds is 5. The van der Waals surface area contributed by atoms with E-state index in [1.165, 1.54) is 18.9 Å². The number of anilines is 1. The molecule has 0 radical (unpaired) electrons. The normalized spacial score (nSPS) is 10.2. The zero-order valence-corrected chi connectivity index (χ0v) is 11.3. The number of methoxy groups -OCH3 is 1. The molecule has 0 atom stereocenters. The molecule has 18 heavy (non-hydrogen) atoms. The third kappa shape index (κ3) is 4.70. The lowest BCUT2D eigenvalue weighted by atomic mass is 10.2. The number of nitrogens with one attached hydrogen (secondary N) is 1. The zero-order valence-electron chi connectivity index (χ0n) is 10.5. The highest BCUT2D eigenvalue weighted by Crippen LogP contribution is 2.15. The topological polar surface area (TPSA) is 81.2 Å². The van der Waals surface area contributed by atoms with Crippen LogP contribution < -0.4 is 5.32 Å². The molecule has 0 saturated carbocycles. The minimum absolute atomic E-state index is 0.111. The summed E-state index contributed by atoms with van der Waals surface area (Å²) in [7, 11) is 1.33. The van der Waals surface area contributed by atoms with Crippen LogP contribution in [0.2, 0.25) is 0 Å². The predicted octanol–water partition coefficient (Wildman–Crippen LogP) is 1.34. The Kier molecular flexibility index (Phi) is 5.57. The van der Waals surface area contributed by atoms with E-state index in [-0.39, 0.29) is 23.5 Å². The van der Waals surface area contributed by atoms with Gasteiger partial charge in [-0.05, 0) is 12.1 Å². The van der Waals surface area contributed by atoms with Crippen molar-refractivity contribution in [3.63, 3.8) is 0 Å². The number of hydrogen-bond acceptors (Lipinski definition) is 6. The first-order valence-corrected chi connectivity index (χ1v) is 6.35. The quantitative estimate of drug-likeness (QED) is 0.641. The summed E-state index contributed by atoms with van der Waals surface area (Å²) < 4.78 is 4.51. The number of nitrogens with zero attached hydrogens (tertiary/aromatic N) is 2.